The lowest BCUT2D eigenvalue weighted by atomic mass is 10.1. The molecule has 32 heavy (non-hydrogen) atoms. The molecule has 168 valence electrons. The average molecular weight is 512 g/mol. The molecular weight excluding hydrogens is 491 g/mol. The van der Waals surface area contributed by atoms with Crippen LogP contribution in [0.5, 0.6) is 0 Å². The van der Waals surface area contributed by atoms with Gasteiger partial charge in [-0.3, -0.25) is 4.79 Å². The Hall–Kier alpha value is -2.09. The number of halogens is 3. The smallest absolute Gasteiger partial charge is 0.243 e. The van der Waals surface area contributed by atoms with E-state index in [1.54, 1.807) is 12.1 Å². The van der Waals surface area contributed by atoms with Gasteiger partial charge in [0.1, 0.15) is 0 Å². The predicted molar refractivity (Wildman–Crippen MR) is 129 cm³/mol. The Morgan fingerprint density at radius 3 is 2.19 bits per heavy atom. The molecule has 3 rings (SSSR count). The number of carbonyl (C=O) groups excluding carboxylic acids is 1. The summed E-state index contributed by atoms with van der Waals surface area (Å²) in [7, 11) is -3.99. The minimum atomic E-state index is -3.99. The number of sulfonamides is 1. The summed E-state index contributed by atoms with van der Waals surface area (Å²) in [5.41, 5.74) is 1.61. The van der Waals surface area contributed by atoms with E-state index >= 15 is 0 Å². The van der Waals surface area contributed by atoms with Gasteiger partial charge in [0.25, 0.3) is 0 Å². The Bertz CT molecular complexity index is 1170. The lowest BCUT2D eigenvalue weighted by Crippen LogP contribution is -2.40. The number of hydrogen-bond donors (Lipinski definition) is 1. The van der Waals surface area contributed by atoms with Crippen molar-refractivity contribution in [1.82, 2.24) is 9.62 Å². The molecule has 1 amide bonds. The van der Waals surface area contributed by atoms with E-state index in [2.05, 4.69) is 5.32 Å². The molecule has 0 saturated heterocycles. The number of rotatable bonds is 9. The molecule has 0 aliphatic carbocycles. The van der Waals surface area contributed by atoms with Gasteiger partial charge in [-0.2, -0.15) is 4.31 Å². The number of carbonyl (C=O) groups is 1. The van der Waals surface area contributed by atoms with Gasteiger partial charge in [0.2, 0.25) is 15.9 Å². The van der Waals surface area contributed by atoms with Crippen LogP contribution in [0.4, 0.5) is 0 Å². The number of benzene rings is 3. The summed E-state index contributed by atoms with van der Waals surface area (Å²) >= 11 is 18.1. The number of nitrogens with one attached hydrogen (secondary N) is 1. The zero-order valence-electron chi connectivity index (χ0n) is 17.0. The molecule has 0 atom stereocenters. The largest absolute Gasteiger partial charge is 0.355 e. The molecule has 5 nitrogen and oxygen atoms in total. The first-order valence-corrected chi connectivity index (χ1v) is 12.3. The summed E-state index contributed by atoms with van der Waals surface area (Å²) in [5, 5.41) is 3.95. The third kappa shape index (κ3) is 6.70. The molecule has 0 fully saturated rings. The van der Waals surface area contributed by atoms with Crippen molar-refractivity contribution in [2.45, 2.75) is 17.9 Å². The van der Waals surface area contributed by atoms with Crippen molar-refractivity contribution in [3.63, 3.8) is 0 Å². The first kappa shape index (κ1) is 24.6. The van der Waals surface area contributed by atoms with E-state index in [0.717, 1.165) is 9.87 Å². The van der Waals surface area contributed by atoms with Gasteiger partial charge in [-0.05, 0) is 53.9 Å². The number of hydrogen-bond acceptors (Lipinski definition) is 3. The van der Waals surface area contributed by atoms with Gasteiger partial charge in [-0.1, -0.05) is 71.2 Å². The molecule has 0 aliphatic rings. The van der Waals surface area contributed by atoms with E-state index in [1.807, 2.05) is 30.3 Å². The summed E-state index contributed by atoms with van der Waals surface area (Å²) in [6.45, 7) is -0.0643. The van der Waals surface area contributed by atoms with E-state index < -0.39 is 15.9 Å². The summed E-state index contributed by atoms with van der Waals surface area (Å²) in [4.78, 5) is 12.6. The minimum absolute atomic E-state index is 0.0315. The van der Waals surface area contributed by atoms with E-state index in [9.17, 15) is 13.2 Å². The molecule has 0 heterocycles. The zero-order valence-corrected chi connectivity index (χ0v) is 20.1. The van der Waals surface area contributed by atoms with E-state index in [-0.39, 0.29) is 18.0 Å². The monoisotopic (exact) mass is 510 g/mol. The second-order valence-corrected chi connectivity index (χ2v) is 10.3. The fourth-order valence-electron chi connectivity index (χ4n) is 3.03. The third-order valence-electron chi connectivity index (χ3n) is 4.71. The maximum atomic E-state index is 13.3. The summed E-state index contributed by atoms with van der Waals surface area (Å²) in [5.74, 6) is -0.413. The third-order valence-corrected chi connectivity index (χ3v) is 7.36. The molecule has 1 N–H and O–H groups in total. The Balaban J connectivity index is 1.77. The van der Waals surface area contributed by atoms with Gasteiger partial charge < -0.3 is 5.32 Å². The zero-order chi connectivity index (χ0) is 23.1. The number of amides is 1. The van der Waals surface area contributed by atoms with Crippen LogP contribution in [-0.4, -0.2) is 31.7 Å². The van der Waals surface area contributed by atoms with Crippen LogP contribution < -0.4 is 5.32 Å². The maximum Gasteiger partial charge on any atom is 0.243 e. The minimum Gasteiger partial charge on any atom is -0.355 e. The van der Waals surface area contributed by atoms with Crippen molar-refractivity contribution in [3.05, 3.63) is 99.0 Å². The molecule has 0 spiro atoms. The number of nitrogens with zero attached hydrogens (tertiary/aromatic N) is 1. The molecular formula is C23H21Cl3N2O3S. The summed E-state index contributed by atoms with van der Waals surface area (Å²) < 4.78 is 27.7. The Kier molecular flexibility index (Phi) is 8.57. The lowest BCUT2D eigenvalue weighted by Gasteiger charge is -2.22. The van der Waals surface area contributed by atoms with Gasteiger partial charge in [-0.25, -0.2) is 8.42 Å². The standard InChI is InChI=1S/C23H21Cl3N2O3S/c24-19-8-10-21(11-9-19)32(30,31)28(15-18-6-7-20(25)14-22(18)26)16-23(29)27-13-12-17-4-2-1-3-5-17/h1-11,14H,12-13,15-16H2,(H,27,29). The highest BCUT2D eigenvalue weighted by atomic mass is 35.5. The molecule has 0 radical (unpaired) electrons. The van der Waals surface area contributed by atoms with Crippen molar-refractivity contribution < 1.29 is 13.2 Å². The van der Waals surface area contributed by atoms with Crippen molar-refractivity contribution in [2.75, 3.05) is 13.1 Å². The molecule has 3 aromatic rings. The van der Waals surface area contributed by atoms with Crippen molar-refractivity contribution >= 4 is 50.7 Å². The van der Waals surface area contributed by atoms with Crippen LogP contribution in [0.1, 0.15) is 11.1 Å². The van der Waals surface area contributed by atoms with E-state index in [0.29, 0.717) is 33.6 Å². The molecule has 0 unspecified atom stereocenters. The first-order valence-electron chi connectivity index (χ1n) is 9.76. The average Bonchev–Trinajstić information content (AvgIpc) is 2.76. The van der Waals surface area contributed by atoms with Crippen molar-refractivity contribution in [2.24, 2.45) is 0 Å². The molecule has 0 bridgehead atoms. The SMILES string of the molecule is O=C(CN(Cc1ccc(Cl)cc1Cl)S(=O)(=O)c1ccc(Cl)cc1)NCCc1ccccc1. The van der Waals surface area contributed by atoms with Crippen LogP contribution in [-0.2, 0) is 27.8 Å². The van der Waals surface area contributed by atoms with Gasteiger partial charge in [0.05, 0.1) is 11.4 Å². The second-order valence-electron chi connectivity index (χ2n) is 7.05. The molecule has 0 aromatic heterocycles. The summed E-state index contributed by atoms with van der Waals surface area (Å²) in [6.07, 6.45) is 0.638. The van der Waals surface area contributed by atoms with E-state index in [4.69, 9.17) is 34.8 Å². The van der Waals surface area contributed by atoms with E-state index in [1.165, 1.54) is 30.3 Å². The van der Waals surface area contributed by atoms with Gasteiger partial charge in [0.15, 0.2) is 0 Å². The molecule has 0 aliphatic heterocycles. The Morgan fingerprint density at radius 1 is 0.875 bits per heavy atom. The fourth-order valence-corrected chi connectivity index (χ4v) is 5.00. The van der Waals surface area contributed by atoms with Crippen LogP contribution in [0.15, 0.2) is 77.7 Å². The van der Waals surface area contributed by atoms with Crippen LogP contribution in [0.25, 0.3) is 0 Å². The summed E-state index contributed by atoms with van der Waals surface area (Å²) in [6, 6.07) is 20.3. The molecule has 3 aromatic carbocycles. The Labute approximate surface area is 203 Å². The fraction of sp³-hybridized carbons (Fsp3) is 0.174. The Morgan fingerprint density at radius 2 is 1.53 bits per heavy atom. The highest BCUT2D eigenvalue weighted by Gasteiger charge is 2.27. The van der Waals surface area contributed by atoms with Crippen molar-refractivity contribution in [1.29, 1.82) is 0 Å². The van der Waals surface area contributed by atoms with Gasteiger partial charge >= 0.3 is 0 Å². The van der Waals surface area contributed by atoms with Crippen LogP contribution >= 0.6 is 34.8 Å². The van der Waals surface area contributed by atoms with Gasteiger partial charge in [-0.15, -0.1) is 0 Å². The lowest BCUT2D eigenvalue weighted by molar-refractivity contribution is -0.121. The van der Waals surface area contributed by atoms with Crippen LogP contribution in [0.2, 0.25) is 15.1 Å². The predicted octanol–water partition coefficient (Wildman–Crippen LogP) is 5.20. The molecule has 0 saturated carbocycles. The second kappa shape index (κ2) is 11.2. The molecule has 9 heteroatoms. The van der Waals surface area contributed by atoms with Gasteiger partial charge in [0, 0.05) is 28.2 Å². The maximum absolute atomic E-state index is 13.3. The quantitative estimate of drug-likeness (QED) is 0.429. The topological polar surface area (TPSA) is 66.5 Å². The highest BCUT2D eigenvalue weighted by molar-refractivity contribution is 7.89. The normalized spacial score (nSPS) is 11.5. The van der Waals surface area contributed by atoms with Crippen molar-refractivity contribution in [3.8, 4) is 0 Å². The highest BCUT2D eigenvalue weighted by Crippen LogP contribution is 2.25. The first-order chi connectivity index (χ1) is 15.3. The van der Waals surface area contributed by atoms with Crippen LogP contribution in [0.3, 0.4) is 0 Å². The van der Waals surface area contributed by atoms with Crippen LogP contribution in [0, 0.1) is 0 Å².